The van der Waals surface area contributed by atoms with Crippen molar-refractivity contribution in [1.29, 1.82) is 0 Å². The fourth-order valence-corrected chi connectivity index (χ4v) is 5.51. The first-order valence-electron chi connectivity index (χ1n) is 12.3. The van der Waals surface area contributed by atoms with Crippen LogP contribution in [-0.4, -0.2) is 65.6 Å². The number of nitrogens with one attached hydrogen (secondary N) is 1. The molecule has 4 amide bonds. The summed E-state index contributed by atoms with van der Waals surface area (Å²) in [5.74, 6) is -0.334. The Bertz CT molecular complexity index is 1250. The van der Waals surface area contributed by atoms with Gasteiger partial charge in [-0.3, -0.25) is 24.1 Å². The van der Waals surface area contributed by atoms with Gasteiger partial charge in [0.05, 0.1) is 16.0 Å². The second-order valence-electron chi connectivity index (χ2n) is 8.68. The summed E-state index contributed by atoms with van der Waals surface area (Å²) in [7, 11) is 0. The third-order valence-electron chi connectivity index (χ3n) is 5.91. The minimum absolute atomic E-state index is 0.215. The van der Waals surface area contributed by atoms with E-state index in [4.69, 9.17) is 9.47 Å². The zero-order valence-electron chi connectivity index (χ0n) is 20.9. The van der Waals surface area contributed by atoms with Gasteiger partial charge >= 0.3 is 0 Å². The summed E-state index contributed by atoms with van der Waals surface area (Å²) in [5, 5.41) is 2.28. The summed E-state index contributed by atoms with van der Waals surface area (Å²) >= 11 is 4.26. The summed E-state index contributed by atoms with van der Waals surface area (Å²) in [5.41, 5.74) is 1.25. The number of hydrogen-bond donors (Lipinski definition) is 1. The molecule has 2 heterocycles. The van der Waals surface area contributed by atoms with Gasteiger partial charge in [0.1, 0.15) is 6.54 Å². The Morgan fingerprint density at radius 1 is 1.08 bits per heavy atom. The number of carbonyl (C=O) groups is 4. The lowest BCUT2D eigenvalue weighted by Gasteiger charge is -2.27. The number of thioether (sulfide) groups is 1. The molecule has 1 N–H and O–H groups in total. The largest absolute Gasteiger partial charge is 0.490 e. The highest BCUT2D eigenvalue weighted by Crippen LogP contribution is 2.39. The molecule has 0 aliphatic carbocycles. The van der Waals surface area contributed by atoms with E-state index in [-0.39, 0.29) is 29.9 Å². The third kappa shape index (κ3) is 6.96. The molecular formula is C27H28BrN3O6S. The van der Waals surface area contributed by atoms with Crippen LogP contribution in [-0.2, 0) is 14.4 Å². The standard InChI is InChI=1S/C27H28BrN3O6S/c1-2-36-21-14-18(13-20(28)25(21)37-17-23(32)29-19-9-5-3-6-10-19)15-22-26(34)31(27(35)38-22)16-24(33)30-11-7-4-8-12-30/h3,5-6,9-10,13-15H,2,4,7-8,11-12,16-17H2,1H3,(H,29,32)/b22-15-. The van der Waals surface area contributed by atoms with Crippen molar-refractivity contribution in [3.63, 3.8) is 0 Å². The molecule has 0 unspecified atom stereocenters. The average Bonchev–Trinajstić information content (AvgIpc) is 3.16. The Kier molecular flexibility index (Phi) is 9.46. The predicted octanol–water partition coefficient (Wildman–Crippen LogP) is 4.91. The molecule has 2 aromatic rings. The fraction of sp³-hybridized carbons (Fsp3) is 0.333. The molecule has 11 heteroatoms. The number of anilines is 1. The number of benzene rings is 2. The third-order valence-corrected chi connectivity index (χ3v) is 7.41. The van der Waals surface area contributed by atoms with Crippen molar-refractivity contribution in [3.05, 3.63) is 57.4 Å². The van der Waals surface area contributed by atoms with Gasteiger partial charge in [0.25, 0.3) is 17.1 Å². The summed E-state index contributed by atoms with van der Waals surface area (Å²) in [4.78, 5) is 53.4. The van der Waals surface area contributed by atoms with Crippen molar-refractivity contribution in [1.82, 2.24) is 9.80 Å². The number of rotatable bonds is 9. The molecule has 2 aliphatic heterocycles. The summed E-state index contributed by atoms with van der Waals surface area (Å²) in [6, 6.07) is 12.4. The van der Waals surface area contributed by atoms with Gasteiger partial charge in [0.2, 0.25) is 5.91 Å². The topological polar surface area (TPSA) is 105 Å². The van der Waals surface area contributed by atoms with Crippen LogP contribution in [0.1, 0.15) is 31.7 Å². The molecule has 2 aliphatic rings. The zero-order chi connectivity index (χ0) is 27.1. The van der Waals surface area contributed by atoms with Gasteiger partial charge in [-0.2, -0.15) is 0 Å². The molecule has 200 valence electrons. The van der Waals surface area contributed by atoms with E-state index in [1.54, 1.807) is 35.2 Å². The second kappa shape index (κ2) is 13.0. The Morgan fingerprint density at radius 3 is 2.53 bits per heavy atom. The summed E-state index contributed by atoms with van der Waals surface area (Å²) < 4.78 is 12.0. The number of amides is 4. The molecule has 38 heavy (non-hydrogen) atoms. The van der Waals surface area contributed by atoms with Crippen LogP contribution >= 0.6 is 27.7 Å². The van der Waals surface area contributed by atoms with Gasteiger partial charge < -0.3 is 19.7 Å². The first-order valence-corrected chi connectivity index (χ1v) is 13.9. The van der Waals surface area contributed by atoms with Crippen LogP contribution < -0.4 is 14.8 Å². The van der Waals surface area contributed by atoms with E-state index in [2.05, 4.69) is 21.2 Å². The molecule has 2 fully saturated rings. The molecule has 2 saturated heterocycles. The van der Waals surface area contributed by atoms with E-state index in [1.807, 2.05) is 25.1 Å². The first kappa shape index (κ1) is 27.7. The molecule has 0 saturated carbocycles. The number of imide groups is 1. The molecule has 0 atom stereocenters. The highest BCUT2D eigenvalue weighted by atomic mass is 79.9. The van der Waals surface area contributed by atoms with E-state index >= 15 is 0 Å². The van der Waals surface area contributed by atoms with Gasteiger partial charge in [-0.15, -0.1) is 0 Å². The number of piperidine rings is 1. The van der Waals surface area contributed by atoms with Gasteiger partial charge in [-0.25, -0.2) is 0 Å². The van der Waals surface area contributed by atoms with E-state index in [1.165, 1.54) is 0 Å². The van der Waals surface area contributed by atoms with Crippen molar-refractivity contribution in [2.45, 2.75) is 26.2 Å². The predicted molar refractivity (Wildman–Crippen MR) is 149 cm³/mol. The van der Waals surface area contributed by atoms with Gasteiger partial charge in [-0.05, 0) is 89.8 Å². The van der Waals surface area contributed by atoms with E-state index in [9.17, 15) is 19.2 Å². The number of halogens is 1. The van der Waals surface area contributed by atoms with Crippen molar-refractivity contribution in [2.24, 2.45) is 0 Å². The molecule has 0 bridgehead atoms. The maximum absolute atomic E-state index is 13.0. The van der Waals surface area contributed by atoms with Crippen LogP contribution in [0.25, 0.3) is 6.08 Å². The lowest BCUT2D eigenvalue weighted by molar-refractivity contribution is -0.136. The first-order chi connectivity index (χ1) is 18.4. The maximum Gasteiger partial charge on any atom is 0.294 e. The van der Waals surface area contributed by atoms with Crippen molar-refractivity contribution in [2.75, 3.05) is 38.2 Å². The number of hydrogen-bond acceptors (Lipinski definition) is 7. The van der Waals surface area contributed by atoms with Crippen molar-refractivity contribution >= 4 is 62.4 Å². The van der Waals surface area contributed by atoms with Gasteiger partial charge in [0, 0.05) is 18.8 Å². The van der Waals surface area contributed by atoms with Crippen LogP contribution in [0.2, 0.25) is 0 Å². The normalized spacial score (nSPS) is 16.6. The quantitative estimate of drug-likeness (QED) is 0.407. The number of para-hydroxylation sites is 1. The zero-order valence-corrected chi connectivity index (χ0v) is 23.3. The molecule has 0 aromatic heterocycles. The molecule has 9 nitrogen and oxygen atoms in total. The second-order valence-corrected chi connectivity index (χ2v) is 10.5. The minimum atomic E-state index is -0.502. The SMILES string of the molecule is CCOc1cc(/C=C2\SC(=O)N(CC(=O)N3CCCCC3)C2=O)cc(Br)c1OCC(=O)Nc1ccccc1. The van der Waals surface area contributed by atoms with E-state index in [0.29, 0.717) is 46.9 Å². The van der Waals surface area contributed by atoms with E-state index in [0.717, 1.165) is 35.9 Å². The van der Waals surface area contributed by atoms with Crippen LogP contribution in [0, 0.1) is 0 Å². The summed E-state index contributed by atoms with van der Waals surface area (Å²) in [6.07, 6.45) is 4.53. The smallest absolute Gasteiger partial charge is 0.294 e. The number of ether oxygens (including phenoxy) is 2. The van der Waals surface area contributed by atoms with Crippen LogP contribution in [0.5, 0.6) is 11.5 Å². The molecule has 0 radical (unpaired) electrons. The van der Waals surface area contributed by atoms with Gasteiger partial charge in [0.15, 0.2) is 18.1 Å². The Hall–Kier alpha value is -3.31. The number of carbonyl (C=O) groups excluding carboxylic acids is 4. The molecule has 4 rings (SSSR count). The monoisotopic (exact) mass is 601 g/mol. The van der Waals surface area contributed by atoms with Crippen molar-refractivity contribution in [3.8, 4) is 11.5 Å². The molecule has 0 spiro atoms. The number of nitrogens with zero attached hydrogens (tertiary/aromatic N) is 2. The fourth-order valence-electron chi connectivity index (χ4n) is 4.10. The van der Waals surface area contributed by atoms with Crippen LogP contribution in [0.15, 0.2) is 51.8 Å². The lowest BCUT2D eigenvalue weighted by Crippen LogP contribution is -2.44. The Labute approximate surface area is 233 Å². The van der Waals surface area contributed by atoms with Crippen molar-refractivity contribution < 1.29 is 28.7 Å². The number of likely N-dealkylation sites (tertiary alicyclic amines) is 1. The lowest BCUT2D eigenvalue weighted by atomic mass is 10.1. The maximum atomic E-state index is 13.0. The van der Waals surface area contributed by atoms with Crippen LogP contribution in [0.4, 0.5) is 10.5 Å². The van der Waals surface area contributed by atoms with Crippen LogP contribution in [0.3, 0.4) is 0 Å². The highest BCUT2D eigenvalue weighted by molar-refractivity contribution is 9.10. The van der Waals surface area contributed by atoms with Gasteiger partial charge in [-0.1, -0.05) is 18.2 Å². The average molecular weight is 603 g/mol. The highest BCUT2D eigenvalue weighted by Gasteiger charge is 2.37. The molecular weight excluding hydrogens is 574 g/mol. The molecule has 2 aromatic carbocycles. The minimum Gasteiger partial charge on any atom is -0.490 e. The van der Waals surface area contributed by atoms with E-state index < -0.39 is 11.1 Å². The Balaban J connectivity index is 1.45. The summed E-state index contributed by atoms with van der Waals surface area (Å²) in [6.45, 7) is 2.97. The Morgan fingerprint density at radius 2 is 1.82 bits per heavy atom.